The molecule has 0 bridgehead atoms. The molecule has 1 atom stereocenters. The third kappa shape index (κ3) is 3.42. The molecule has 8 heteroatoms. The van der Waals surface area contributed by atoms with Crippen molar-refractivity contribution in [3.8, 4) is 0 Å². The van der Waals surface area contributed by atoms with Gasteiger partial charge in [-0.2, -0.15) is 26.3 Å². The van der Waals surface area contributed by atoms with E-state index in [0.29, 0.717) is 18.2 Å². The molecule has 126 valence electrons. The van der Waals surface area contributed by atoms with Crippen LogP contribution in [0.15, 0.2) is 22.9 Å². The van der Waals surface area contributed by atoms with E-state index in [9.17, 15) is 31.4 Å². The van der Waals surface area contributed by atoms with Crippen molar-refractivity contribution < 1.29 is 31.4 Å². The highest BCUT2D eigenvalue weighted by molar-refractivity contribution is 5.38. The largest absolute Gasteiger partial charge is 0.418 e. The molecule has 2 rings (SSSR count). The van der Waals surface area contributed by atoms with E-state index in [2.05, 4.69) is 0 Å². The molecule has 0 aromatic rings. The van der Waals surface area contributed by atoms with Crippen LogP contribution in [0.3, 0.4) is 0 Å². The fraction of sp³-hybridized carbons (Fsp3) is 0.714. The zero-order valence-electron chi connectivity index (χ0n) is 12.1. The molecular formula is C14H17F6NO. The Balaban J connectivity index is 2.31. The Morgan fingerprint density at radius 3 is 2.14 bits per heavy atom. The Morgan fingerprint density at radius 2 is 1.73 bits per heavy atom. The average Bonchev–Trinajstić information content (AvgIpc) is 3.12. The first kappa shape index (κ1) is 17.2. The minimum Gasteiger partial charge on any atom is -0.379 e. The summed E-state index contributed by atoms with van der Waals surface area (Å²) in [5.74, 6) is -0.0315. The molecular weight excluding hydrogens is 312 g/mol. The summed E-state index contributed by atoms with van der Waals surface area (Å²) < 4.78 is 77.2. The van der Waals surface area contributed by atoms with Crippen LogP contribution in [-0.4, -0.2) is 41.0 Å². The molecule has 1 unspecified atom stereocenters. The molecule has 1 aliphatic heterocycles. The van der Waals surface area contributed by atoms with Gasteiger partial charge < -0.3 is 10.0 Å². The predicted molar refractivity (Wildman–Crippen MR) is 67.8 cm³/mol. The standard InChI is InChI=1S/C14H17F6NO/c1-8-11(9-3-4-9)5-10(13(15,16)17)6-21(8)7-12(2,22)14(18,19)20/h5,9,22H,3-4,6-7H2,1-2H3. The van der Waals surface area contributed by atoms with Crippen molar-refractivity contribution in [2.75, 3.05) is 13.1 Å². The maximum atomic E-state index is 13.0. The number of β-amino-alcohol motifs (C(OH)–C–C–N with tert-alkyl or cyclic N) is 1. The third-order valence-corrected chi connectivity index (χ3v) is 4.07. The molecule has 1 aliphatic carbocycles. The normalized spacial score (nSPS) is 23.5. The van der Waals surface area contributed by atoms with E-state index in [-0.39, 0.29) is 5.92 Å². The Morgan fingerprint density at radius 1 is 1.18 bits per heavy atom. The number of nitrogens with zero attached hydrogens (tertiary/aromatic N) is 1. The summed E-state index contributed by atoms with van der Waals surface area (Å²) >= 11 is 0. The quantitative estimate of drug-likeness (QED) is 0.797. The number of alkyl halides is 6. The monoisotopic (exact) mass is 329 g/mol. The van der Waals surface area contributed by atoms with Crippen LogP contribution in [0.2, 0.25) is 0 Å². The molecule has 0 amide bonds. The van der Waals surface area contributed by atoms with E-state index in [1.54, 1.807) is 0 Å². The highest BCUT2D eigenvalue weighted by atomic mass is 19.4. The minimum atomic E-state index is -4.91. The molecule has 0 aromatic carbocycles. The van der Waals surface area contributed by atoms with Crippen molar-refractivity contribution in [3.05, 3.63) is 22.9 Å². The van der Waals surface area contributed by atoms with Gasteiger partial charge >= 0.3 is 12.4 Å². The fourth-order valence-corrected chi connectivity index (χ4v) is 2.46. The first-order valence-corrected chi connectivity index (χ1v) is 6.85. The molecule has 1 fully saturated rings. The summed E-state index contributed by atoms with van der Waals surface area (Å²) in [6.45, 7) is 0.468. The molecule has 0 spiro atoms. The molecule has 22 heavy (non-hydrogen) atoms. The summed E-state index contributed by atoms with van der Waals surface area (Å²) in [4.78, 5) is 0.976. The van der Waals surface area contributed by atoms with Crippen molar-refractivity contribution >= 4 is 0 Å². The Hall–Kier alpha value is -1.18. The second-order valence-corrected chi connectivity index (χ2v) is 6.11. The van der Waals surface area contributed by atoms with E-state index in [1.165, 1.54) is 6.92 Å². The van der Waals surface area contributed by atoms with Crippen molar-refractivity contribution in [2.45, 2.75) is 44.6 Å². The van der Waals surface area contributed by atoms with Crippen LogP contribution in [0.5, 0.6) is 0 Å². The van der Waals surface area contributed by atoms with Crippen LogP contribution in [0.4, 0.5) is 26.3 Å². The summed E-state index contributed by atoms with van der Waals surface area (Å²) in [6.07, 6.45) is -6.99. The number of rotatable bonds is 3. The SMILES string of the molecule is CC1=C(C2CC2)C=C(C(F)(F)F)CN1CC(C)(O)C(F)(F)F. The van der Waals surface area contributed by atoms with Crippen molar-refractivity contribution in [1.82, 2.24) is 4.90 Å². The van der Waals surface area contributed by atoms with Crippen LogP contribution in [0, 0.1) is 5.92 Å². The smallest absolute Gasteiger partial charge is 0.379 e. The molecule has 2 aliphatic rings. The van der Waals surface area contributed by atoms with Gasteiger partial charge in [-0.05, 0) is 44.3 Å². The minimum absolute atomic E-state index is 0.0315. The van der Waals surface area contributed by atoms with Crippen LogP contribution in [0.25, 0.3) is 0 Å². The Bertz CT molecular complexity index is 510. The lowest BCUT2D eigenvalue weighted by molar-refractivity contribution is -0.256. The van der Waals surface area contributed by atoms with Gasteiger partial charge in [-0.15, -0.1) is 0 Å². The van der Waals surface area contributed by atoms with Crippen LogP contribution in [-0.2, 0) is 0 Å². The number of halogens is 6. The van der Waals surface area contributed by atoms with E-state index in [4.69, 9.17) is 0 Å². The van der Waals surface area contributed by atoms with Gasteiger partial charge in [-0.3, -0.25) is 0 Å². The zero-order chi connectivity index (χ0) is 16.9. The zero-order valence-corrected chi connectivity index (χ0v) is 12.1. The van der Waals surface area contributed by atoms with Gasteiger partial charge in [-0.1, -0.05) is 0 Å². The second-order valence-electron chi connectivity index (χ2n) is 6.11. The van der Waals surface area contributed by atoms with Gasteiger partial charge in [0.2, 0.25) is 0 Å². The van der Waals surface area contributed by atoms with E-state index >= 15 is 0 Å². The fourth-order valence-electron chi connectivity index (χ4n) is 2.46. The predicted octanol–water partition coefficient (Wildman–Crippen LogP) is 3.79. The highest BCUT2D eigenvalue weighted by Crippen LogP contribution is 2.44. The number of hydrogen-bond donors (Lipinski definition) is 1. The summed E-state index contributed by atoms with van der Waals surface area (Å²) in [7, 11) is 0. The van der Waals surface area contributed by atoms with Crippen LogP contribution in [0.1, 0.15) is 26.7 Å². The lowest BCUT2D eigenvalue weighted by Gasteiger charge is -2.38. The topological polar surface area (TPSA) is 23.5 Å². The maximum absolute atomic E-state index is 13.0. The van der Waals surface area contributed by atoms with Crippen molar-refractivity contribution in [3.63, 3.8) is 0 Å². The molecule has 2 nitrogen and oxygen atoms in total. The van der Waals surface area contributed by atoms with E-state index in [1.807, 2.05) is 0 Å². The molecule has 1 heterocycles. The average molecular weight is 329 g/mol. The summed E-state index contributed by atoms with van der Waals surface area (Å²) in [5, 5.41) is 9.56. The Kier molecular flexibility index (Phi) is 4.04. The molecule has 1 saturated carbocycles. The maximum Gasteiger partial charge on any atom is 0.418 e. The lowest BCUT2D eigenvalue weighted by atomic mass is 9.97. The van der Waals surface area contributed by atoms with E-state index in [0.717, 1.165) is 23.8 Å². The van der Waals surface area contributed by atoms with Crippen LogP contribution >= 0.6 is 0 Å². The number of allylic oxidation sites excluding steroid dienone is 3. The van der Waals surface area contributed by atoms with Gasteiger partial charge in [0, 0.05) is 12.2 Å². The summed E-state index contributed by atoms with van der Waals surface area (Å²) in [5.41, 5.74) is -3.15. The third-order valence-electron chi connectivity index (χ3n) is 4.07. The lowest BCUT2D eigenvalue weighted by Crippen LogP contribution is -2.52. The van der Waals surface area contributed by atoms with Gasteiger partial charge in [0.05, 0.1) is 12.1 Å². The van der Waals surface area contributed by atoms with Gasteiger partial charge in [-0.25, -0.2) is 0 Å². The van der Waals surface area contributed by atoms with Gasteiger partial charge in [0.15, 0.2) is 5.60 Å². The Labute approximate surface area is 124 Å². The van der Waals surface area contributed by atoms with Crippen LogP contribution < -0.4 is 0 Å². The van der Waals surface area contributed by atoms with Crippen molar-refractivity contribution in [2.24, 2.45) is 5.92 Å². The highest BCUT2D eigenvalue weighted by Gasteiger charge is 2.52. The van der Waals surface area contributed by atoms with Gasteiger partial charge in [0.1, 0.15) is 0 Å². The first-order chi connectivity index (χ1) is 9.83. The second kappa shape index (κ2) is 5.18. The number of aliphatic hydroxyl groups is 1. The molecule has 1 N–H and O–H groups in total. The molecule has 0 aromatic heterocycles. The molecule has 0 saturated heterocycles. The summed E-state index contributed by atoms with van der Waals surface area (Å²) in [6, 6.07) is 0. The van der Waals surface area contributed by atoms with Gasteiger partial charge in [0.25, 0.3) is 0 Å². The first-order valence-electron chi connectivity index (χ1n) is 6.85. The van der Waals surface area contributed by atoms with E-state index < -0.39 is 36.6 Å². The van der Waals surface area contributed by atoms with Crippen molar-refractivity contribution in [1.29, 1.82) is 0 Å². The number of hydrogen-bond acceptors (Lipinski definition) is 2. The molecule has 0 radical (unpaired) electrons.